The Hall–Kier alpha value is -2.73. The molecule has 1 aromatic carbocycles. The maximum absolute atomic E-state index is 13.0. The molecular formula is C22H16F3NOS. The highest BCUT2D eigenvalue weighted by Crippen LogP contribution is 2.35. The lowest BCUT2D eigenvalue weighted by Crippen LogP contribution is -2.17. The number of carbonyl (C=O) groups is 1. The molecule has 2 aliphatic rings. The molecule has 1 aliphatic heterocycles. The first-order valence-electron chi connectivity index (χ1n) is 8.79. The van der Waals surface area contributed by atoms with E-state index >= 15 is 0 Å². The summed E-state index contributed by atoms with van der Waals surface area (Å²) in [5.74, 6) is -0.532. The third kappa shape index (κ3) is 3.78. The first-order chi connectivity index (χ1) is 13.4. The van der Waals surface area contributed by atoms with Crippen molar-refractivity contribution in [3.8, 4) is 0 Å². The van der Waals surface area contributed by atoms with Crippen LogP contribution in [0.5, 0.6) is 0 Å². The van der Waals surface area contributed by atoms with Crippen molar-refractivity contribution in [2.24, 2.45) is 4.99 Å². The molecule has 0 amide bonds. The minimum Gasteiger partial charge on any atom is -0.289 e. The first-order valence-corrected chi connectivity index (χ1v) is 9.67. The molecule has 0 bridgehead atoms. The number of nitrogens with zero attached hydrogens (tertiary/aromatic N) is 1. The molecule has 6 heteroatoms. The Labute approximate surface area is 164 Å². The lowest BCUT2D eigenvalue weighted by atomic mass is 9.84. The van der Waals surface area contributed by atoms with Gasteiger partial charge >= 0.3 is 6.18 Å². The minimum absolute atomic E-state index is 0.142. The van der Waals surface area contributed by atoms with E-state index in [2.05, 4.69) is 4.99 Å². The van der Waals surface area contributed by atoms with E-state index < -0.39 is 11.7 Å². The Morgan fingerprint density at radius 2 is 2.00 bits per heavy atom. The molecule has 2 aromatic rings. The van der Waals surface area contributed by atoms with Crippen LogP contribution in [0.3, 0.4) is 0 Å². The molecule has 2 heterocycles. The molecule has 0 spiro atoms. The van der Waals surface area contributed by atoms with Gasteiger partial charge in [-0.15, -0.1) is 11.3 Å². The minimum atomic E-state index is -4.40. The normalized spacial score (nSPS) is 21.8. The second-order valence-corrected chi connectivity index (χ2v) is 7.70. The van der Waals surface area contributed by atoms with Gasteiger partial charge in [-0.2, -0.15) is 13.2 Å². The summed E-state index contributed by atoms with van der Waals surface area (Å²) in [5, 5.41) is 1.99. The van der Waals surface area contributed by atoms with E-state index in [0.717, 1.165) is 17.7 Å². The maximum Gasteiger partial charge on any atom is 0.416 e. The number of thiophene rings is 1. The summed E-state index contributed by atoms with van der Waals surface area (Å²) in [4.78, 5) is 18.1. The molecule has 0 fully saturated rings. The van der Waals surface area contributed by atoms with Crippen molar-refractivity contribution in [3.05, 3.63) is 93.2 Å². The highest BCUT2D eigenvalue weighted by atomic mass is 32.1. The smallest absolute Gasteiger partial charge is 0.289 e. The van der Waals surface area contributed by atoms with Gasteiger partial charge in [-0.1, -0.05) is 36.4 Å². The van der Waals surface area contributed by atoms with Gasteiger partial charge in [-0.05, 0) is 40.8 Å². The molecule has 142 valence electrons. The summed E-state index contributed by atoms with van der Waals surface area (Å²) >= 11 is 1.63. The van der Waals surface area contributed by atoms with Gasteiger partial charge in [0.25, 0.3) is 0 Å². The monoisotopic (exact) mass is 399 g/mol. The van der Waals surface area contributed by atoms with Crippen LogP contribution in [0.2, 0.25) is 0 Å². The topological polar surface area (TPSA) is 29.4 Å². The summed E-state index contributed by atoms with van der Waals surface area (Å²) in [5.41, 5.74) is 1.15. The van der Waals surface area contributed by atoms with E-state index in [1.807, 2.05) is 23.6 Å². The van der Waals surface area contributed by atoms with Crippen molar-refractivity contribution in [2.75, 3.05) is 0 Å². The largest absolute Gasteiger partial charge is 0.416 e. The maximum atomic E-state index is 13.0. The lowest BCUT2D eigenvalue weighted by molar-refractivity contribution is -0.137. The molecule has 2 atom stereocenters. The van der Waals surface area contributed by atoms with Crippen molar-refractivity contribution in [1.82, 2.24) is 0 Å². The van der Waals surface area contributed by atoms with E-state index in [1.54, 1.807) is 35.8 Å². The summed E-state index contributed by atoms with van der Waals surface area (Å²) < 4.78 is 39.1. The van der Waals surface area contributed by atoms with Crippen molar-refractivity contribution in [3.63, 3.8) is 0 Å². The van der Waals surface area contributed by atoms with Crippen LogP contribution in [-0.4, -0.2) is 18.0 Å². The van der Waals surface area contributed by atoms with Crippen LogP contribution < -0.4 is 0 Å². The fourth-order valence-corrected chi connectivity index (χ4v) is 4.18. The number of allylic oxidation sites excluding steroid dienone is 4. The van der Waals surface area contributed by atoms with Crippen LogP contribution in [0.15, 0.2) is 82.2 Å². The van der Waals surface area contributed by atoms with Crippen molar-refractivity contribution < 1.29 is 18.0 Å². The third-order valence-electron chi connectivity index (χ3n) is 4.83. The standard InChI is InChI=1S/C22H16F3NOS/c23-22(24,25)16-4-1-3-14(11-16)15-6-7-21(27)19(12-15)18-8-9-26-20(18)13-17-5-2-10-28-17/h1-12,15,20H,13H2. The molecule has 0 radical (unpaired) electrons. The molecule has 4 rings (SSSR count). The average molecular weight is 399 g/mol. The van der Waals surface area contributed by atoms with Gasteiger partial charge < -0.3 is 0 Å². The fraction of sp³-hybridized carbons (Fsp3) is 0.182. The molecule has 2 unspecified atom stereocenters. The van der Waals surface area contributed by atoms with Gasteiger partial charge in [0, 0.05) is 29.0 Å². The van der Waals surface area contributed by atoms with E-state index in [9.17, 15) is 18.0 Å². The molecule has 0 saturated carbocycles. The quantitative estimate of drug-likeness (QED) is 0.664. The summed E-state index contributed by atoms with van der Waals surface area (Å²) in [7, 11) is 0. The Balaban J connectivity index is 1.63. The van der Waals surface area contributed by atoms with Crippen LogP contribution in [0.1, 0.15) is 21.9 Å². The fourth-order valence-electron chi connectivity index (χ4n) is 3.44. The van der Waals surface area contributed by atoms with Gasteiger partial charge in [0.15, 0.2) is 5.78 Å². The first kappa shape index (κ1) is 18.6. The van der Waals surface area contributed by atoms with E-state index in [1.165, 1.54) is 17.0 Å². The van der Waals surface area contributed by atoms with Crippen molar-refractivity contribution in [1.29, 1.82) is 0 Å². The zero-order valence-electron chi connectivity index (χ0n) is 14.7. The second kappa shape index (κ2) is 7.36. The highest BCUT2D eigenvalue weighted by molar-refractivity contribution is 7.09. The van der Waals surface area contributed by atoms with E-state index in [0.29, 0.717) is 17.6 Å². The number of rotatable bonds is 4. The van der Waals surface area contributed by atoms with Gasteiger partial charge in [0.2, 0.25) is 0 Å². The SMILES string of the molecule is O=C1C=CC(c2cccc(C(F)(F)F)c2)C=C1C1=CC=NC1Cc1cccs1. The molecule has 0 N–H and O–H groups in total. The van der Waals surface area contributed by atoms with Crippen LogP contribution in [0.4, 0.5) is 13.2 Å². The number of aliphatic imine (C=N–C) groups is 1. The Morgan fingerprint density at radius 1 is 1.14 bits per heavy atom. The van der Waals surface area contributed by atoms with Gasteiger partial charge in [0.05, 0.1) is 11.6 Å². The molecular weight excluding hydrogens is 383 g/mol. The number of hydrogen-bond donors (Lipinski definition) is 0. The Bertz CT molecular complexity index is 1010. The average Bonchev–Trinajstić information content (AvgIpc) is 3.34. The number of hydrogen-bond acceptors (Lipinski definition) is 3. The summed E-state index contributed by atoms with van der Waals surface area (Å²) in [6, 6.07) is 9.09. The Morgan fingerprint density at radius 3 is 2.75 bits per heavy atom. The molecule has 1 aliphatic carbocycles. The number of benzene rings is 1. The highest BCUT2D eigenvalue weighted by Gasteiger charge is 2.31. The molecule has 1 aromatic heterocycles. The predicted octanol–water partition coefficient (Wildman–Crippen LogP) is 5.54. The number of carbonyl (C=O) groups excluding carboxylic acids is 1. The van der Waals surface area contributed by atoms with Crippen molar-refractivity contribution >= 4 is 23.3 Å². The number of halogens is 3. The second-order valence-electron chi connectivity index (χ2n) is 6.67. The lowest BCUT2D eigenvalue weighted by Gasteiger charge is -2.20. The van der Waals surface area contributed by atoms with Crippen LogP contribution in [-0.2, 0) is 17.4 Å². The van der Waals surface area contributed by atoms with Gasteiger partial charge in [0.1, 0.15) is 0 Å². The Kier molecular flexibility index (Phi) is 4.89. The van der Waals surface area contributed by atoms with Gasteiger partial charge in [-0.25, -0.2) is 0 Å². The van der Waals surface area contributed by atoms with Crippen LogP contribution in [0, 0.1) is 0 Å². The third-order valence-corrected chi connectivity index (χ3v) is 5.73. The zero-order chi connectivity index (χ0) is 19.7. The van der Waals surface area contributed by atoms with E-state index in [4.69, 9.17) is 0 Å². The summed E-state index contributed by atoms with van der Waals surface area (Å²) in [6.07, 6.45) is 4.66. The zero-order valence-corrected chi connectivity index (χ0v) is 15.5. The number of alkyl halides is 3. The van der Waals surface area contributed by atoms with Crippen molar-refractivity contribution in [2.45, 2.75) is 24.6 Å². The molecule has 28 heavy (non-hydrogen) atoms. The van der Waals surface area contributed by atoms with Gasteiger partial charge in [-0.3, -0.25) is 9.79 Å². The predicted molar refractivity (Wildman–Crippen MR) is 105 cm³/mol. The van der Waals surface area contributed by atoms with Crippen LogP contribution in [0.25, 0.3) is 0 Å². The van der Waals surface area contributed by atoms with E-state index in [-0.39, 0.29) is 17.7 Å². The summed E-state index contributed by atoms with van der Waals surface area (Å²) in [6.45, 7) is 0. The molecule has 0 saturated heterocycles. The number of ketones is 1. The van der Waals surface area contributed by atoms with Crippen LogP contribution >= 0.6 is 11.3 Å². The molecule has 2 nitrogen and oxygen atoms in total.